The maximum absolute atomic E-state index is 14.0. The number of carbonyl (C=O) groups is 2. The zero-order chi connectivity index (χ0) is 30.2. The molecule has 0 fully saturated rings. The SMILES string of the molecule is CCOc1ccc(S(=O)(=O)N(CC(=O)N(Cc2ccc(F)cc2)C(CC)C(=O)NC(C)C)c2ccc(C)cc2)cc1. The quantitative estimate of drug-likeness (QED) is 0.304. The number of benzene rings is 3. The van der Waals surface area contributed by atoms with Crippen LogP contribution in [-0.2, 0) is 26.2 Å². The molecule has 0 spiro atoms. The van der Waals surface area contributed by atoms with Gasteiger partial charge >= 0.3 is 0 Å². The van der Waals surface area contributed by atoms with Crippen LogP contribution in [0.4, 0.5) is 10.1 Å². The highest BCUT2D eigenvalue weighted by atomic mass is 32.2. The van der Waals surface area contributed by atoms with Crippen LogP contribution >= 0.6 is 0 Å². The minimum Gasteiger partial charge on any atom is -0.494 e. The summed E-state index contributed by atoms with van der Waals surface area (Å²) in [7, 11) is -4.20. The zero-order valence-electron chi connectivity index (χ0n) is 24.1. The van der Waals surface area contributed by atoms with Crippen molar-refractivity contribution in [2.24, 2.45) is 0 Å². The zero-order valence-corrected chi connectivity index (χ0v) is 24.9. The largest absolute Gasteiger partial charge is 0.494 e. The molecule has 1 N–H and O–H groups in total. The molecule has 0 aliphatic carbocycles. The molecule has 0 saturated heterocycles. The first-order chi connectivity index (χ1) is 19.5. The van der Waals surface area contributed by atoms with Crippen molar-refractivity contribution in [3.05, 3.63) is 89.7 Å². The van der Waals surface area contributed by atoms with Gasteiger partial charge in [-0.2, -0.15) is 0 Å². The number of carbonyl (C=O) groups excluding carboxylic acids is 2. The van der Waals surface area contributed by atoms with Crippen LogP contribution in [-0.4, -0.2) is 50.4 Å². The van der Waals surface area contributed by atoms with Gasteiger partial charge in [0, 0.05) is 12.6 Å². The van der Waals surface area contributed by atoms with Gasteiger partial charge in [-0.15, -0.1) is 0 Å². The van der Waals surface area contributed by atoms with E-state index in [0.717, 1.165) is 9.87 Å². The van der Waals surface area contributed by atoms with Gasteiger partial charge in [0.1, 0.15) is 24.2 Å². The fourth-order valence-corrected chi connectivity index (χ4v) is 5.74. The second-order valence-electron chi connectivity index (χ2n) is 9.99. The molecule has 41 heavy (non-hydrogen) atoms. The number of ether oxygens (including phenoxy) is 1. The van der Waals surface area contributed by atoms with E-state index < -0.39 is 34.3 Å². The van der Waals surface area contributed by atoms with E-state index >= 15 is 0 Å². The fraction of sp³-hybridized carbons (Fsp3) is 0.355. The van der Waals surface area contributed by atoms with Gasteiger partial charge in [0.2, 0.25) is 11.8 Å². The molecule has 10 heteroatoms. The van der Waals surface area contributed by atoms with Crippen LogP contribution in [0.25, 0.3) is 0 Å². The summed E-state index contributed by atoms with van der Waals surface area (Å²) < 4.78 is 48.0. The highest BCUT2D eigenvalue weighted by Crippen LogP contribution is 2.26. The molecule has 0 radical (unpaired) electrons. The molecule has 0 bridgehead atoms. The van der Waals surface area contributed by atoms with Gasteiger partial charge in [-0.3, -0.25) is 13.9 Å². The van der Waals surface area contributed by atoms with E-state index in [4.69, 9.17) is 4.74 Å². The average molecular weight is 584 g/mol. The summed E-state index contributed by atoms with van der Waals surface area (Å²) >= 11 is 0. The topological polar surface area (TPSA) is 96.0 Å². The van der Waals surface area contributed by atoms with Crippen LogP contribution < -0.4 is 14.4 Å². The number of sulfonamides is 1. The van der Waals surface area contributed by atoms with E-state index in [1.807, 2.05) is 27.7 Å². The third-order valence-electron chi connectivity index (χ3n) is 6.41. The molecule has 3 aromatic carbocycles. The molecular formula is C31H38FN3O5S. The van der Waals surface area contributed by atoms with E-state index in [1.165, 1.54) is 41.3 Å². The summed E-state index contributed by atoms with van der Waals surface area (Å²) in [5.41, 5.74) is 1.83. The molecule has 8 nitrogen and oxygen atoms in total. The van der Waals surface area contributed by atoms with Gasteiger partial charge in [-0.25, -0.2) is 12.8 Å². The average Bonchev–Trinajstić information content (AvgIpc) is 2.93. The number of amides is 2. The van der Waals surface area contributed by atoms with Gasteiger partial charge in [0.15, 0.2) is 0 Å². The van der Waals surface area contributed by atoms with Gasteiger partial charge < -0.3 is 15.0 Å². The predicted molar refractivity (Wildman–Crippen MR) is 158 cm³/mol. The van der Waals surface area contributed by atoms with Crippen LogP contribution in [0.3, 0.4) is 0 Å². The van der Waals surface area contributed by atoms with Crippen LogP contribution in [0, 0.1) is 12.7 Å². The third kappa shape index (κ3) is 8.29. The number of hydrogen-bond acceptors (Lipinski definition) is 5. The van der Waals surface area contributed by atoms with Crippen molar-refractivity contribution >= 4 is 27.5 Å². The van der Waals surface area contributed by atoms with E-state index in [0.29, 0.717) is 30.0 Å². The van der Waals surface area contributed by atoms with E-state index in [9.17, 15) is 22.4 Å². The molecule has 2 amide bonds. The summed E-state index contributed by atoms with van der Waals surface area (Å²) in [5, 5.41) is 2.85. The molecule has 0 aromatic heterocycles. The van der Waals surface area contributed by atoms with Crippen molar-refractivity contribution in [2.45, 2.75) is 64.6 Å². The maximum atomic E-state index is 14.0. The molecule has 1 atom stereocenters. The fourth-order valence-electron chi connectivity index (χ4n) is 4.33. The van der Waals surface area contributed by atoms with Crippen molar-refractivity contribution in [3.8, 4) is 5.75 Å². The first-order valence-corrected chi connectivity index (χ1v) is 15.1. The Kier molecular flexibility index (Phi) is 10.9. The monoisotopic (exact) mass is 583 g/mol. The first-order valence-electron chi connectivity index (χ1n) is 13.6. The molecule has 3 rings (SSSR count). The van der Waals surface area contributed by atoms with Gasteiger partial charge in [0.25, 0.3) is 10.0 Å². The standard InChI is InChI=1S/C31H38FN3O5S/c1-6-29(31(37)33-22(3)4)34(20-24-10-12-25(32)13-11-24)30(36)21-35(26-14-8-23(5)9-15-26)41(38,39)28-18-16-27(17-19-28)40-7-2/h8-19,22,29H,6-7,20-21H2,1-5H3,(H,33,37). The van der Waals surface area contributed by atoms with Crippen molar-refractivity contribution < 1.29 is 27.1 Å². The van der Waals surface area contributed by atoms with E-state index in [1.54, 1.807) is 43.3 Å². The Bertz CT molecular complexity index is 1410. The first kappa shape index (κ1) is 31.6. The molecule has 1 unspecified atom stereocenters. The number of nitrogens with zero attached hydrogens (tertiary/aromatic N) is 2. The van der Waals surface area contributed by atoms with Crippen LogP contribution in [0.2, 0.25) is 0 Å². The maximum Gasteiger partial charge on any atom is 0.264 e. The van der Waals surface area contributed by atoms with E-state index in [2.05, 4.69) is 5.32 Å². The third-order valence-corrected chi connectivity index (χ3v) is 8.19. The lowest BCUT2D eigenvalue weighted by molar-refractivity contribution is -0.140. The highest BCUT2D eigenvalue weighted by Gasteiger charge is 2.33. The van der Waals surface area contributed by atoms with Crippen LogP contribution in [0.15, 0.2) is 77.7 Å². The summed E-state index contributed by atoms with van der Waals surface area (Å²) in [4.78, 5) is 28.5. The minimum absolute atomic E-state index is 0.00598. The molecular weight excluding hydrogens is 545 g/mol. The lowest BCUT2D eigenvalue weighted by Crippen LogP contribution is -2.53. The Morgan fingerprint density at radius 1 is 0.927 bits per heavy atom. The predicted octanol–water partition coefficient (Wildman–Crippen LogP) is 5.06. The van der Waals surface area contributed by atoms with E-state index in [-0.39, 0.29) is 23.4 Å². The molecule has 0 aliphatic rings. The Balaban J connectivity index is 2.04. The number of rotatable bonds is 13. The summed E-state index contributed by atoms with van der Waals surface area (Å²) in [6, 6.07) is 17.4. The molecule has 0 saturated carbocycles. The number of halogens is 1. The Hall–Kier alpha value is -3.92. The lowest BCUT2D eigenvalue weighted by atomic mass is 10.1. The Morgan fingerprint density at radius 3 is 2.07 bits per heavy atom. The van der Waals surface area contributed by atoms with Gasteiger partial charge in [0.05, 0.1) is 17.2 Å². The summed E-state index contributed by atoms with van der Waals surface area (Å²) in [6.07, 6.45) is 0.293. The minimum atomic E-state index is -4.20. The molecule has 3 aromatic rings. The lowest BCUT2D eigenvalue weighted by Gasteiger charge is -2.33. The summed E-state index contributed by atoms with van der Waals surface area (Å²) in [6.45, 7) is 9.01. The Labute approximate surface area is 242 Å². The van der Waals surface area contributed by atoms with Crippen molar-refractivity contribution in [1.82, 2.24) is 10.2 Å². The van der Waals surface area contributed by atoms with Gasteiger partial charge in [-0.05, 0) is 88.2 Å². The second-order valence-corrected chi connectivity index (χ2v) is 11.8. The van der Waals surface area contributed by atoms with Crippen molar-refractivity contribution in [2.75, 3.05) is 17.5 Å². The smallest absolute Gasteiger partial charge is 0.264 e. The number of aryl methyl sites for hydroxylation is 1. The van der Waals surface area contributed by atoms with Gasteiger partial charge in [-0.1, -0.05) is 36.8 Å². The summed E-state index contributed by atoms with van der Waals surface area (Å²) in [5.74, 6) is -0.829. The van der Waals surface area contributed by atoms with Crippen molar-refractivity contribution in [3.63, 3.8) is 0 Å². The van der Waals surface area contributed by atoms with Crippen LogP contribution in [0.5, 0.6) is 5.75 Å². The molecule has 220 valence electrons. The van der Waals surface area contributed by atoms with Crippen LogP contribution in [0.1, 0.15) is 45.2 Å². The van der Waals surface area contributed by atoms with Crippen molar-refractivity contribution in [1.29, 1.82) is 0 Å². The number of hydrogen-bond donors (Lipinski definition) is 1. The molecule has 0 aliphatic heterocycles. The second kappa shape index (κ2) is 14.1. The number of nitrogens with one attached hydrogen (secondary N) is 1. The highest BCUT2D eigenvalue weighted by molar-refractivity contribution is 7.92. The Morgan fingerprint density at radius 2 is 1.54 bits per heavy atom. The molecule has 0 heterocycles. The normalized spacial score (nSPS) is 12.1. The number of anilines is 1.